The second kappa shape index (κ2) is 21.2. The van der Waals surface area contributed by atoms with E-state index >= 15 is 0 Å². The molecular weight excluding hydrogens is 422 g/mol. The van der Waals surface area contributed by atoms with Gasteiger partial charge in [0.1, 0.15) is 0 Å². The van der Waals surface area contributed by atoms with Crippen LogP contribution in [0.5, 0.6) is 0 Å². The lowest BCUT2D eigenvalue weighted by atomic mass is 9.98. The zero-order chi connectivity index (χ0) is 24.9. The first-order chi connectivity index (χ1) is 16.6. The zero-order valence-electron chi connectivity index (χ0n) is 23.1. The molecule has 1 fully saturated rings. The number of ether oxygens (including phenoxy) is 1. The van der Waals surface area contributed by atoms with Crippen molar-refractivity contribution in [2.24, 2.45) is 11.8 Å². The molecule has 1 saturated heterocycles. The monoisotopic (exact) mass is 479 g/mol. The molecule has 1 aliphatic heterocycles. The van der Waals surface area contributed by atoms with E-state index in [0.717, 1.165) is 25.8 Å². The lowest BCUT2D eigenvalue weighted by molar-refractivity contribution is -0.150. The lowest BCUT2D eigenvalue weighted by Crippen LogP contribution is -2.28. The summed E-state index contributed by atoms with van der Waals surface area (Å²) in [5.74, 6) is -0.541. The number of nitrogens with zero attached hydrogens (tertiary/aromatic N) is 1. The Kier molecular flexibility index (Phi) is 19.3. The van der Waals surface area contributed by atoms with Crippen molar-refractivity contribution in [3.8, 4) is 0 Å². The van der Waals surface area contributed by atoms with Gasteiger partial charge in [-0.05, 0) is 12.8 Å². The van der Waals surface area contributed by atoms with Gasteiger partial charge in [0.2, 0.25) is 5.91 Å². The largest absolute Gasteiger partial charge is 0.465 e. The Morgan fingerprint density at radius 1 is 0.706 bits per heavy atom. The van der Waals surface area contributed by atoms with Gasteiger partial charge >= 0.3 is 5.97 Å². The van der Waals surface area contributed by atoms with Crippen LogP contribution < -0.4 is 0 Å². The number of unbranched alkanes of at least 4 members (excludes halogenated alkanes) is 18. The molecule has 4 nitrogen and oxygen atoms in total. The van der Waals surface area contributed by atoms with Gasteiger partial charge in [-0.2, -0.15) is 0 Å². The molecular formula is C30H57NO3. The molecule has 0 saturated carbocycles. The van der Waals surface area contributed by atoms with Gasteiger partial charge in [-0.1, -0.05) is 136 Å². The van der Waals surface area contributed by atoms with Crippen molar-refractivity contribution in [3.63, 3.8) is 0 Å². The Labute approximate surface area is 212 Å². The highest BCUT2D eigenvalue weighted by atomic mass is 16.5. The van der Waals surface area contributed by atoms with Gasteiger partial charge in [-0.3, -0.25) is 9.59 Å². The average Bonchev–Trinajstić information content (AvgIpc) is 3.12. The molecule has 0 bridgehead atoms. The fraction of sp³-hybridized carbons (Fsp3) is 0.933. The summed E-state index contributed by atoms with van der Waals surface area (Å²) in [6.07, 6.45) is 25.7. The minimum atomic E-state index is -0.279. The van der Waals surface area contributed by atoms with Crippen LogP contribution in [0.15, 0.2) is 0 Å². The van der Waals surface area contributed by atoms with Crippen LogP contribution in [-0.2, 0) is 14.3 Å². The number of hydrogen-bond donors (Lipinski definition) is 0. The minimum absolute atomic E-state index is 0.136. The number of amides is 1. The van der Waals surface area contributed by atoms with Crippen LogP contribution in [0, 0.1) is 11.8 Å². The van der Waals surface area contributed by atoms with E-state index in [-0.39, 0.29) is 23.7 Å². The Morgan fingerprint density at radius 2 is 1.12 bits per heavy atom. The first-order valence-electron chi connectivity index (χ1n) is 15.1. The molecule has 34 heavy (non-hydrogen) atoms. The predicted octanol–water partition coefficient (Wildman–Crippen LogP) is 8.47. The normalized spacial score (nSPS) is 18.1. The van der Waals surface area contributed by atoms with Gasteiger partial charge in [0.15, 0.2) is 0 Å². The maximum atomic E-state index is 12.6. The number of carbonyl (C=O) groups excluding carboxylic acids is 2. The molecule has 4 heteroatoms. The summed E-state index contributed by atoms with van der Waals surface area (Å²) in [6, 6.07) is 0. The van der Waals surface area contributed by atoms with E-state index in [4.69, 9.17) is 4.74 Å². The second-order valence-corrected chi connectivity index (χ2v) is 10.7. The molecule has 2 atom stereocenters. The standard InChI is InChI=1S/C30H57NO3/c1-4-6-8-10-12-14-16-18-20-22-24-31-26-28(27(3)29(31)32)30(33)34-25-23-21-19-17-15-13-11-9-7-5-2/h27-28H,4-26H2,1-3H3. The number of esters is 1. The van der Waals surface area contributed by atoms with Gasteiger partial charge in [0, 0.05) is 13.1 Å². The molecule has 0 spiro atoms. The highest BCUT2D eigenvalue weighted by Crippen LogP contribution is 2.26. The van der Waals surface area contributed by atoms with E-state index in [9.17, 15) is 9.59 Å². The van der Waals surface area contributed by atoms with Gasteiger partial charge in [0.05, 0.1) is 18.4 Å². The predicted molar refractivity (Wildman–Crippen MR) is 144 cm³/mol. The molecule has 1 amide bonds. The average molecular weight is 480 g/mol. The van der Waals surface area contributed by atoms with Gasteiger partial charge in [-0.25, -0.2) is 0 Å². The topological polar surface area (TPSA) is 46.6 Å². The quantitative estimate of drug-likeness (QED) is 0.109. The van der Waals surface area contributed by atoms with Crippen molar-refractivity contribution in [2.75, 3.05) is 19.7 Å². The Morgan fingerprint density at radius 3 is 1.59 bits per heavy atom. The van der Waals surface area contributed by atoms with Crippen molar-refractivity contribution >= 4 is 11.9 Å². The molecule has 200 valence electrons. The SMILES string of the molecule is CCCCCCCCCCCCOC(=O)C1CN(CCCCCCCCCCCC)C(=O)C1C. The summed E-state index contributed by atoms with van der Waals surface area (Å²) in [7, 11) is 0. The third kappa shape index (κ3) is 14.4. The molecule has 0 N–H and O–H groups in total. The van der Waals surface area contributed by atoms with E-state index in [1.165, 1.54) is 109 Å². The van der Waals surface area contributed by atoms with Crippen molar-refractivity contribution in [3.05, 3.63) is 0 Å². The van der Waals surface area contributed by atoms with Crippen molar-refractivity contribution < 1.29 is 14.3 Å². The van der Waals surface area contributed by atoms with E-state index < -0.39 is 0 Å². The first-order valence-corrected chi connectivity index (χ1v) is 15.1. The van der Waals surface area contributed by atoms with Gasteiger partial charge in [-0.15, -0.1) is 0 Å². The van der Waals surface area contributed by atoms with Crippen LogP contribution in [0.4, 0.5) is 0 Å². The summed E-state index contributed by atoms with van der Waals surface area (Å²) >= 11 is 0. The minimum Gasteiger partial charge on any atom is -0.465 e. The van der Waals surface area contributed by atoms with Crippen LogP contribution in [0.25, 0.3) is 0 Å². The van der Waals surface area contributed by atoms with Crippen molar-refractivity contribution in [2.45, 2.75) is 149 Å². The molecule has 0 aromatic carbocycles. The smallest absolute Gasteiger partial charge is 0.311 e. The van der Waals surface area contributed by atoms with E-state index in [2.05, 4.69) is 13.8 Å². The maximum Gasteiger partial charge on any atom is 0.311 e. The Bertz CT molecular complexity index is 507. The molecule has 0 aromatic heterocycles. The zero-order valence-corrected chi connectivity index (χ0v) is 23.1. The van der Waals surface area contributed by atoms with E-state index in [0.29, 0.717) is 13.2 Å². The number of hydrogen-bond acceptors (Lipinski definition) is 3. The second-order valence-electron chi connectivity index (χ2n) is 10.7. The van der Waals surface area contributed by atoms with Crippen LogP contribution in [-0.4, -0.2) is 36.5 Å². The van der Waals surface area contributed by atoms with Crippen LogP contribution in [0.1, 0.15) is 149 Å². The third-order valence-corrected chi connectivity index (χ3v) is 7.55. The Hall–Kier alpha value is -1.06. The fourth-order valence-electron chi connectivity index (χ4n) is 5.09. The molecule has 0 aromatic rings. The van der Waals surface area contributed by atoms with Crippen LogP contribution in [0.2, 0.25) is 0 Å². The van der Waals surface area contributed by atoms with Crippen molar-refractivity contribution in [1.29, 1.82) is 0 Å². The molecule has 0 radical (unpaired) electrons. The van der Waals surface area contributed by atoms with Gasteiger partial charge < -0.3 is 9.64 Å². The molecule has 1 rings (SSSR count). The maximum absolute atomic E-state index is 12.6. The Balaban J connectivity index is 2.04. The summed E-state index contributed by atoms with van der Waals surface area (Å²) in [4.78, 5) is 27.0. The van der Waals surface area contributed by atoms with E-state index in [1.807, 2.05) is 11.8 Å². The number of carbonyl (C=O) groups is 2. The van der Waals surface area contributed by atoms with Crippen LogP contribution in [0.3, 0.4) is 0 Å². The number of rotatable bonds is 23. The summed E-state index contributed by atoms with van der Waals surface area (Å²) < 4.78 is 5.55. The summed E-state index contributed by atoms with van der Waals surface area (Å²) in [5.41, 5.74) is 0. The molecule has 0 aliphatic carbocycles. The first kappa shape index (κ1) is 31.0. The number of likely N-dealkylation sites (tertiary alicyclic amines) is 1. The highest BCUT2D eigenvalue weighted by molar-refractivity contribution is 5.88. The lowest BCUT2D eigenvalue weighted by Gasteiger charge is -2.16. The molecule has 1 aliphatic rings. The molecule has 1 heterocycles. The van der Waals surface area contributed by atoms with Crippen molar-refractivity contribution in [1.82, 2.24) is 4.90 Å². The highest BCUT2D eigenvalue weighted by Gasteiger charge is 2.41. The molecule has 2 unspecified atom stereocenters. The fourth-order valence-corrected chi connectivity index (χ4v) is 5.09. The van der Waals surface area contributed by atoms with E-state index in [1.54, 1.807) is 0 Å². The summed E-state index contributed by atoms with van der Waals surface area (Å²) in [6.45, 7) is 8.26. The van der Waals surface area contributed by atoms with Crippen LogP contribution >= 0.6 is 0 Å². The third-order valence-electron chi connectivity index (χ3n) is 7.55. The van der Waals surface area contributed by atoms with Gasteiger partial charge in [0.25, 0.3) is 0 Å². The summed E-state index contributed by atoms with van der Waals surface area (Å²) in [5, 5.41) is 0.